The average molecular weight is 595 g/mol. The Hall–Kier alpha value is -4.22. The summed E-state index contributed by atoms with van der Waals surface area (Å²) in [7, 11) is 6.08. The normalized spacial score (nSPS) is 11.4. The van der Waals surface area contributed by atoms with E-state index in [4.69, 9.17) is 31.0 Å². The van der Waals surface area contributed by atoms with Crippen molar-refractivity contribution >= 4 is 59.7 Å². The number of benzene rings is 3. The van der Waals surface area contributed by atoms with Crippen LogP contribution in [0.15, 0.2) is 79.0 Å². The third kappa shape index (κ3) is 6.58. The van der Waals surface area contributed by atoms with E-state index in [-0.39, 0.29) is 17.3 Å². The second kappa shape index (κ2) is 11.7. The quantitative estimate of drug-likeness (QED) is 0.189. The molecule has 0 aliphatic carbocycles. The van der Waals surface area contributed by atoms with Crippen LogP contribution in [0, 0.1) is 0 Å². The molecule has 2 aromatic heterocycles. The molecule has 0 spiro atoms. The third-order valence-corrected chi connectivity index (χ3v) is 6.70. The number of amides is 2. The van der Waals surface area contributed by atoms with Crippen LogP contribution in [-0.2, 0) is 19.3 Å². The van der Waals surface area contributed by atoms with E-state index in [0.717, 1.165) is 28.8 Å². The molecule has 0 atom stereocenters. The fourth-order valence-corrected chi connectivity index (χ4v) is 4.49. The van der Waals surface area contributed by atoms with E-state index >= 15 is 0 Å². The van der Waals surface area contributed by atoms with Crippen molar-refractivity contribution in [2.75, 3.05) is 10.6 Å². The number of anilines is 2. The predicted octanol–water partition coefficient (Wildman–Crippen LogP) is 6.45. The Labute approximate surface area is 244 Å². The lowest BCUT2D eigenvalue weighted by Crippen LogP contribution is -2.29. The molecule has 3 N–H and O–H groups in total. The number of rotatable bonds is 7. The van der Waals surface area contributed by atoms with Gasteiger partial charge < -0.3 is 16.0 Å². The van der Waals surface area contributed by atoms with Gasteiger partial charge >= 0.3 is 12.2 Å². The molecular weight excluding hydrogens is 575 g/mol. The first-order chi connectivity index (χ1) is 19.6. The summed E-state index contributed by atoms with van der Waals surface area (Å²) < 4.78 is 41.4. The number of urea groups is 1. The summed E-state index contributed by atoms with van der Waals surface area (Å²) in [5, 5.41) is 12.9. The maximum Gasteiger partial charge on any atom is 0.418 e. The summed E-state index contributed by atoms with van der Waals surface area (Å²) in [5.74, 6) is 0.657. The van der Waals surface area contributed by atoms with Gasteiger partial charge in [0.05, 0.1) is 16.9 Å². The van der Waals surface area contributed by atoms with E-state index in [1.165, 1.54) is 12.3 Å². The van der Waals surface area contributed by atoms with Crippen molar-refractivity contribution in [1.29, 1.82) is 0 Å². The number of hydrogen-bond acceptors (Lipinski definition) is 4. The first-order valence-electron chi connectivity index (χ1n) is 12.2. The number of alkyl halides is 3. The van der Waals surface area contributed by atoms with Crippen LogP contribution in [0.5, 0.6) is 0 Å². The lowest BCUT2D eigenvalue weighted by Gasteiger charge is -2.15. The summed E-state index contributed by atoms with van der Waals surface area (Å²) in [6.07, 6.45) is -3.14. The van der Waals surface area contributed by atoms with Gasteiger partial charge in [0.25, 0.3) is 0 Å². The molecule has 2 heterocycles. The summed E-state index contributed by atoms with van der Waals surface area (Å²) in [4.78, 5) is 16.9. The van der Waals surface area contributed by atoms with Crippen LogP contribution < -0.4 is 21.4 Å². The molecule has 0 unspecified atom stereocenters. The summed E-state index contributed by atoms with van der Waals surface area (Å²) >= 11 is 12.1. The molecule has 2 amide bonds. The summed E-state index contributed by atoms with van der Waals surface area (Å²) in [6.45, 7) is 0.541. The van der Waals surface area contributed by atoms with Gasteiger partial charge in [-0.05, 0) is 40.9 Å². The van der Waals surface area contributed by atoms with Crippen molar-refractivity contribution in [1.82, 2.24) is 19.9 Å². The average Bonchev–Trinajstić information content (AvgIpc) is 3.32. The lowest BCUT2D eigenvalue weighted by molar-refractivity contribution is -0.136. The Balaban J connectivity index is 1.23. The largest absolute Gasteiger partial charge is 0.418 e. The number of aromatic nitrogens is 3. The second-order valence-electron chi connectivity index (χ2n) is 9.01. The Morgan fingerprint density at radius 3 is 2.37 bits per heavy atom. The fraction of sp³-hybridized carbons (Fsp3) is 0.107. The summed E-state index contributed by atoms with van der Waals surface area (Å²) in [6, 6.07) is 18.9. The van der Waals surface area contributed by atoms with Gasteiger partial charge in [0.1, 0.15) is 13.7 Å². The highest BCUT2D eigenvalue weighted by Crippen LogP contribution is 2.36. The highest BCUT2D eigenvalue weighted by Gasteiger charge is 2.34. The maximum absolute atomic E-state index is 13.3. The van der Waals surface area contributed by atoms with Gasteiger partial charge in [-0.2, -0.15) is 22.8 Å². The van der Waals surface area contributed by atoms with Crippen molar-refractivity contribution in [2.24, 2.45) is 0 Å². The number of carbonyl (C=O) groups is 1. The van der Waals surface area contributed by atoms with Crippen LogP contribution in [0.4, 0.5) is 29.5 Å². The van der Waals surface area contributed by atoms with Gasteiger partial charge in [-0.1, -0.05) is 65.7 Å². The van der Waals surface area contributed by atoms with Crippen LogP contribution in [0.1, 0.15) is 16.7 Å². The molecule has 5 aromatic rings. The van der Waals surface area contributed by atoms with Crippen LogP contribution in [0.3, 0.4) is 0 Å². The number of nitrogens with one attached hydrogen (secondary N) is 3. The van der Waals surface area contributed by atoms with Crippen molar-refractivity contribution in [3.05, 3.63) is 106 Å². The molecule has 0 aliphatic heterocycles. The molecule has 0 bridgehead atoms. The van der Waals surface area contributed by atoms with E-state index in [9.17, 15) is 18.0 Å². The minimum absolute atomic E-state index is 0.0824. The fourth-order valence-electron chi connectivity index (χ4n) is 4.09. The van der Waals surface area contributed by atoms with Crippen LogP contribution >= 0.6 is 23.2 Å². The number of hydrogen-bond donors (Lipinski definition) is 3. The third-order valence-electron chi connectivity index (χ3n) is 6.13. The minimum atomic E-state index is -4.67. The lowest BCUT2D eigenvalue weighted by atomic mass is 10.0. The van der Waals surface area contributed by atoms with Crippen molar-refractivity contribution in [3.63, 3.8) is 0 Å². The Kier molecular flexibility index (Phi) is 8.09. The smallest absolute Gasteiger partial charge is 0.366 e. The molecule has 2 radical (unpaired) electrons. The standard InChI is InChI=1S/C28H20BCl2F3N6O/c29-21-15-37-40-25(12-24(38-26(21)40)19-3-1-2-4-22(19)31)35-13-16-5-7-17(8-6-16)14-36-27(41)39-23-10-9-18(30)11-20(23)28(32,33)34/h1-12,15,35H,13-14H2,(H2,36,39,41). The first kappa shape index (κ1) is 28.3. The Bertz CT molecular complexity index is 1730. The van der Waals surface area contributed by atoms with Gasteiger partial charge in [0.15, 0.2) is 5.65 Å². The van der Waals surface area contributed by atoms with Gasteiger partial charge in [-0.3, -0.25) is 0 Å². The van der Waals surface area contributed by atoms with Crippen molar-refractivity contribution in [3.8, 4) is 11.3 Å². The van der Waals surface area contributed by atoms with E-state index in [2.05, 4.69) is 26.0 Å². The SMILES string of the molecule is [B]c1cnn2c(NCc3ccc(CNC(=O)Nc4ccc(Cl)cc4C(F)(F)F)cc3)cc(-c3ccccc3Cl)nc12. The van der Waals surface area contributed by atoms with Crippen LogP contribution in [0.2, 0.25) is 10.0 Å². The van der Waals surface area contributed by atoms with Crippen LogP contribution in [-0.4, -0.2) is 28.5 Å². The molecular formula is C28H20BCl2F3N6O. The molecule has 0 fully saturated rings. The minimum Gasteiger partial charge on any atom is -0.366 e. The van der Waals surface area contributed by atoms with Gasteiger partial charge in [-0.25, -0.2) is 9.78 Å². The molecule has 0 saturated carbocycles. The van der Waals surface area contributed by atoms with Crippen molar-refractivity contribution < 1.29 is 18.0 Å². The number of halogens is 5. The van der Waals surface area contributed by atoms with E-state index in [1.807, 2.05) is 48.5 Å². The molecule has 3 aromatic carbocycles. The number of carbonyl (C=O) groups excluding carboxylic acids is 1. The molecule has 13 heteroatoms. The second-order valence-corrected chi connectivity index (χ2v) is 9.85. The predicted molar refractivity (Wildman–Crippen MR) is 155 cm³/mol. The molecule has 5 rings (SSSR count). The Morgan fingerprint density at radius 1 is 0.951 bits per heavy atom. The topological polar surface area (TPSA) is 83.3 Å². The van der Waals surface area contributed by atoms with E-state index in [1.54, 1.807) is 10.6 Å². The number of fused-ring (bicyclic) bond motifs is 1. The highest BCUT2D eigenvalue weighted by molar-refractivity contribution is 6.36. The number of nitrogens with zero attached hydrogens (tertiary/aromatic N) is 3. The molecule has 0 saturated heterocycles. The Morgan fingerprint density at radius 2 is 1.66 bits per heavy atom. The zero-order valence-electron chi connectivity index (χ0n) is 21.1. The molecule has 206 valence electrons. The van der Waals surface area contributed by atoms with E-state index in [0.29, 0.717) is 34.2 Å². The summed E-state index contributed by atoms with van der Waals surface area (Å²) in [5.41, 5.74) is 2.58. The van der Waals surface area contributed by atoms with E-state index < -0.39 is 17.8 Å². The first-order valence-corrected chi connectivity index (χ1v) is 13.0. The molecule has 7 nitrogen and oxygen atoms in total. The van der Waals surface area contributed by atoms with Gasteiger partial charge in [0.2, 0.25) is 0 Å². The van der Waals surface area contributed by atoms with Gasteiger partial charge in [0, 0.05) is 41.0 Å². The van der Waals surface area contributed by atoms with Gasteiger partial charge in [-0.15, -0.1) is 0 Å². The zero-order chi connectivity index (χ0) is 29.1. The molecule has 0 aliphatic rings. The molecule has 41 heavy (non-hydrogen) atoms. The monoisotopic (exact) mass is 594 g/mol. The zero-order valence-corrected chi connectivity index (χ0v) is 22.6. The van der Waals surface area contributed by atoms with Crippen LogP contribution in [0.25, 0.3) is 16.9 Å². The highest BCUT2D eigenvalue weighted by atomic mass is 35.5. The maximum atomic E-state index is 13.3. The van der Waals surface area contributed by atoms with Crippen molar-refractivity contribution in [2.45, 2.75) is 19.3 Å².